The van der Waals surface area contributed by atoms with Gasteiger partial charge in [-0.25, -0.2) is 22.4 Å². The van der Waals surface area contributed by atoms with E-state index in [-0.39, 0.29) is 61.3 Å². The van der Waals surface area contributed by atoms with Gasteiger partial charge in [-0.05, 0) is 26.0 Å². The molecule has 0 unspecified atom stereocenters. The number of hydrogen-bond acceptors (Lipinski definition) is 11. The van der Waals surface area contributed by atoms with Gasteiger partial charge in [-0.2, -0.15) is 0 Å². The Morgan fingerprint density at radius 1 is 0.609 bits per heavy atom. The van der Waals surface area contributed by atoms with Gasteiger partial charge in [0.05, 0.1) is 27.4 Å². The molecule has 0 aliphatic heterocycles. The number of carbonyl (C=O) groups is 3. The second kappa shape index (κ2) is 19.6. The molecule has 0 fully saturated rings. The van der Waals surface area contributed by atoms with Crippen LogP contribution in [0.3, 0.4) is 0 Å². The quantitative estimate of drug-likeness (QED) is 0.103. The van der Waals surface area contributed by atoms with Crippen LogP contribution in [0.1, 0.15) is 70.6 Å². The maximum Gasteiger partial charge on any atom is 0.508 e. The minimum atomic E-state index is -1.03. The second-order valence-electron chi connectivity index (χ2n) is 14.4. The van der Waals surface area contributed by atoms with E-state index in [1.54, 1.807) is 13.8 Å². The van der Waals surface area contributed by atoms with Crippen LogP contribution in [0.25, 0.3) is 11.0 Å². The Morgan fingerprint density at radius 2 is 1.00 bits per heavy atom. The van der Waals surface area contributed by atoms with Crippen LogP contribution in [0, 0.1) is 23.3 Å². The van der Waals surface area contributed by atoms with Gasteiger partial charge < -0.3 is 47.5 Å². The zero-order valence-electron chi connectivity index (χ0n) is 34.6. The first kappa shape index (κ1) is 45.8. The Hall–Kier alpha value is -7.71. The molecular formula is C43H40F4N6O11. The molecule has 0 radical (unpaired) electrons. The number of nitrogens with zero attached hydrogens (tertiary/aromatic N) is 4. The van der Waals surface area contributed by atoms with E-state index in [0.29, 0.717) is 12.1 Å². The molecule has 21 heteroatoms. The highest BCUT2D eigenvalue weighted by Gasteiger charge is 2.24. The van der Waals surface area contributed by atoms with E-state index in [1.807, 2.05) is 0 Å². The van der Waals surface area contributed by atoms with E-state index >= 15 is 0 Å². The molecule has 0 saturated heterocycles. The molecule has 0 bridgehead atoms. The number of methoxy groups -OCH3 is 2. The molecule has 17 nitrogen and oxygen atoms in total. The summed E-state index contributed by atoms with van der Waals surface area (Å²) in [5.74, 6) is -5.98. The summed E-state index contributed by atoms with van der Waals surface area (Å²) in [6.07, 6.45) is 7.11. The van der Waals surface area contributed by atoms with Crippen LogP contribution < -0.4 is 42.1 Å². The average Bonchev–Trinajstić information content (AvgIpc) is 3.25. The minimum absolute atomic E-state index is 0.0177. The van der Waals surface area contributed by atoms with Crippen molar-refractivity contribution in [2.45, 2.75) is 51.9 Å². The summed E-state index contributed by atoms with van der Waals surface area (Å²) in [7, 11) is 2.30. The third kappa shape index (κ3) is 9.67. The zero-order valence-corrected chi connectivity index (χ0v) is 34.6. The van der Waals surface area contributed by atoms with Crippen LogP contribution in [-0.4, -0.2) is 63.3 Å². The number of halogens is 4. The number of ether oxygens (including phenoxy) is 4. The van der Waals surface area contributed by atoms with E-state index in [0.717, 1.165) is 50.9 Å². The van der Waals surface area contributed by atoms with Gasteiger partial charge in [0.15, 0.2) is 22.5 Å². The normalized spacial score (nSPS) is 12.1. The lowest BCUT2D eigenvalue weighted by Gasteiger charge is -2.18. The summed E-state index contributed by atoms with van der Waals surface area (Å²) < 4.78 is 80.6. The Balaban J connectivity index is 1.04. The van der Waals surface area contributed by atoms with Crippen LogP contribution in [0.2, 0.25) is 0 Å². The van der Waals surface area contributed by atoms with Crippen LogP contribution in [0.4, 0.5) is 22.4 Å². The predicted octanol–water partition coefficient (Wildman–Crippen LogP) is 4.43. The highest BCUT2D eigenvalue weighted by Crippen LogP contribution is 2.19. The smallest absolute Gasteiger partial charge is 0.491 e. The van der Waals surface area contributed by atoms with Crippen LogP contribution in [0.5, 0.6) is 11.5 Å². The van der Waals surface area contributed by atoms with Gasteiger partial charge in [0.2, 0.25) is 10.9 Å². The van der Waals surface area contributed by atoms with Crippen molar-refractivity contribution >= 4 is 29.0 Å². The maximum atomic E-state index is 14.1. The van der Waals surface area contributed by atoms with E-state index < -0.39 is 97.9 Å². The van der Waals surface area contributed by atoms with Gasteiger partial charge in [0, 0.05) is 98.5 Å². The summed E-state index contributed by atoms with van der Waals surface area (Å²) in [4.78, 5) is 92.1. The molecule has 2 N–H and O–H groups in total. The van der Waals surface area contributed by atoms with Crippen molar-refractivity contribution in [2.75, 3.05) is 27.4 Å². The number of benzene rings is 2. The van der Waals surface area contributed by atoms with Gasteiger partial charge in [0.25, 0.3) is 22.9 Å². The zero-order chi connectivity index (χ0) is 46.4. The van der Waals surface area contributed by atoms with Crippen molar-refractivity contribution in [3.05, 3.63) is 160 Å². The molecule has 2 atom stereocenters. The van der Waals surface area contributed by atoms with Crippen molar-refractivity contribution in [1.29, 1.82) is 0 Å². The average molecular weight is 893 g/mol. The third-order valence-electron chi connectivity index (χ3n) is 10.3. The topological polar surface area (TPSA) is 199 Å². The predicted molar refractivity (Wildman–Crippen MR) is 220 cm³/mol. The summed E-state index contributed by atoms with van der Waals surface area (Å²) in [5.41, 5.74) is -4.32. The molecule has 0 aliphatic carbocycles. The largest absolute Gasteiger partial charge is 0.508 e. The fourth-order valence-electron chi connectivity index (χ4n) is 6.75. The molecule has 2 amide bonds. The van der Waals surface area contributed by atoms with Crippen LogP contribution in [-0.2, 0) is 22.6 Å². The Morgan fingerprint density at radius 3 is 1.36 bits per heavy atom. The Kier molecular flexibility index (Phi) is 14.0. The van der Waals surface area contributed by atoms with Crippen LogP contribution >= 0.6 is 0 Å². The monoisotopic (exact) mass is 892 g/mol. The fraction of sp³-hybridized carbons (Fsp3) is 0.279. The van der Waals surface area contributed by atoms with Crippen molar-refractivity contribution in [1.82, 2.24) is 28.6 Å². The third-order valence-corrected chi connectivity index (χ3v) is 10.3. The lowest BCUT2D eigenvalue weighted by atomic mass is 10.1. The van der Waals surface area contributed by atoms with Crippen LogP contribution in [0.15, 0.2) is 92.8 Å². The van der Waals surface area contributed by atoms with E-state index in [9.17, 15) is 51.1 Å². The number of carbonyl (C=O) groups excluding carboxylic acids is 3. The lowest BCUT2D eigenvalue weighted by Crippen LogP contribution is -2.32. The summed E-state index contributed by atoms with van der Waals surface area (Å²) >= 11 is 0. The lowest BCUT2D eigenvalue weighted by molar-refractivity contribution is 0.0491. The van der Waals surface area contributed by atoms with Crippen molar-refractivity contribution < 1.29 is 50.9 Å². The number of amides is 2. The van der Waals surface area contributed by atoms with Gasteiger partial charge in [-0.15, -0.1) is 0 Å². The number of aromatic nitrogens is 4. The summed E-state index contributed by atoms with van der Waals surface area (Å²) in [6.45, 7) is 2.25. The number of fused-ring (bicyclic) bond motifs is 2. The number of hydrogen-bond donors (Lipinski definition) is 2. The van der Waals surface area contributed by atoms with Gasteiger partial charge in [-0.1, -0.05) is 12.1 Å². The minimum Gasteiger partial charge on any atom is -0.491 e. The Labute approximate surface area is 359 Å². The first-order valence-electron chi connectivity index (χ1n) is 19.5. The molecule has 4 heterocycles. The molecular weight excluding hydrogens is 852 g/mol. The van der Waals surface area contributed by atoms with Crippen molar-refractivity contribution in [2.24, 2.45) is 0 Å². The van der Waals surface area contributed by atoms with Gasteiger partial charge >= 0.3 is 6.16 Å². The number of pyridine rings is 2. The first-order chi connectivity index (χ1) is 30.5. The molecule has 64 heavy (non-hydrogen) atoms. The highest BCUT2D eigenvalue weighted by molar-refractivity contribution is 5.95. The molecule has 6 aromatic rings. The number of nitrogens with one attached hydrogen (secondary N) is 2. The molecule has 0 spiro atoms. The first-order valence-corrected chi connectivity index (χ1v) is 19.5. The molecule has 4 aromatic heterocycles. The van der Waals surface area contributed by atoms with Crippen molar-refractivity contribution in [3.8, 4) is 11.5 Å². The molecule has 2 aromatic carbocycles. The summed E-state index contributed by atoms with van der Waals surface area (Å²) in [6, 6.07) is 4.49. The standard InChI is InChI=1S/C43H40F4N6O11/c1-23(52-13-11-50-21-29(35(54)37(61-3)33(50)41(52)58)39(56)48-19-25-5-7-27(44)17-31(25)46)9-15-63-43(60)64-16-10-24(2)53-14-12-51-22-30(36(55)38(62-4)34(51)42(53)59)40(57)49-20-26-6-8-28(45)18-32(26)47/h5-8,11-14,17-18,21-24H,9-10,15-16,19-20H2,1-4H3,(H,48,56)(H,49,57)/t23-,24-/m1/s1. The Bertz CT molecular complexity index is 2840. The molecule has 336 valence electrons. The molecule has 0 aliphatic rings. The summed E-state index contributed by atoms with van der Waals surface area (Å²) in [5, 5.41) is 4.81. The second-order valence-corrected chi connectivity index (χ2v) is 14.4. The van der Waals surface area contributed by atoms with E-state index in [4.69, 9.17) is 18.9 Å². The fourth-order valence-corrected chi connectivity index (χ4v) is 6.75. The van der Waals surface area contributed by atoms with Gasteiger partial charge in [0.1, 0.15) is 34.4 Å². The van der Waals surface area contributed by atoms with Crippen molar-refractivity contribution in [3.63, 3.8) is 0 Å². The maximum absolute atomic E-state index is 14.1. The SMILES string of the molecule is COc1c(=O)c(C(=O)NCc2ccc(F)cc2F)cn2ccn([C@H](C)CCOC(=O)OCC[C@@H](C)n3ccn4cc(C(=O)NCc5ccc(F)cc5F)c(=O)c(OC)c4c3=O)c(=O)c12. The number of rotatable bonds is 16. The molecule has 0 saturated carbocycles. The van der Waals surface area contributed by atoms with Gasteiger partial charge in [-0.3, -0.25) is 28.8 Å². The van der Waals surface area contributed by atoms with E-state index in [2.05, 4.69) is 10.6 Å². The molecule has 6 rings (SSSR count). The van der Waals surface area contributed by atoms with E-state index in [1.165, 1.54) is 42.7 Å². The highest BCUT2D eigenvalue weighted by atomic mass is 19.1.